The van der Waals surface area contributed by atoms with Gasteiger partial charge in [0.15, 0.2) is 0 Å². The maximum Gasteiger partial charge on any atom is 0.0786 e. The lowest BCUT2D eigenvalue weighted by Gasteiger charge is -2.32. The monoisotopic (exact) mass is 218 g/mol. The first-order valence-electron chi connectivity index (χ1n) is 5.73. The van der Waals surface area contributed by atoms with E-state index in [-0.39, 0.29) is 6.10 Å². The smallest absolute Gasteiger partial charge is 0.0786 e. The van der Waals surface area contributed by atoms with E-state index >= 15 is 0 Å². The molecule has 2 rings (SSSR count). The van der Waals surface area contributed by atoms with Crippen molar-refractivity contribution in [3.05, 3.63) is 42.0 Å². The Labute approximate surface area is 96.6 Å². The Balaban J connectivity index is 1.97. The van der Waals surface area contributed by atoms with E-state index in [4.69, 9.17) is 4.74 Å². The van der Waals surface area contributed by atoms with E-state index in [9.17, 15) is 5.11 Å². The van der Waals surface area contributed by atoms with Gasteiger partial charge in [0.2, 0.25) is 0 Å². The lowest BCUT2D eigenvalue weighted by Crippen LogP contribution is -2.37. The average Bonchev–Trinajstić information content (AvgIpc) is 2.27. The topological polar surface area (TPSA) is 29.5 Å². The highest BCUT2D eigenvalue weighted by Crippen LogP contribution is 2.25. The van der Waals surface area contributed by atoms with Crippen molar-refractivity contribution < 1.29 is 9.84 Å². The molecule has 1 aliphatic rings. The van der Waals surface area contributed by atoms with Gasteiger partial charge in [-0.15, -0.1) is 0 Å². The van der Waals surface area contributed by atoms with Crippen molar-refractivity contribution in [1.29, 1.82) is 0 Å². The Hall–Kier alpha value is -1.12. The van der Waals surface area contributed by atoms with Gasteiger partial charge in [0, 0.05) is 6.42 Å². The van der Waals surface area contributed by atoms with Crippen LogP contribution in [0.2, 0.25) is 0 Å². The van der Waals surface area contributed by atoms with E-state index in [1.807, 2.05) is 37.3 Å². The maximum absolute atomic E-state index is 9.93. The lowest BCUT2D eigenvalue weighted by atomic mass is 9.92. The molecule has 2 heteroatoms. The molecule has 16 heavy (non-hydrogen) atoms. The van der Waals surface area contributed by atoms with Gasteiger partial charge in [-0.3, -0.25) is 0 Å². The minimum Gasteiger partial charge on any atom is -0.390 e. The van der Waals surface area contributed by atoms with Crippen molar-refractivity contribution in [1.82, 2.24) is 0 Å². The number of benzene rings is 1. The zero-order valence-corrected chi connectivity index (χ0v) is 9.60. The quantitative estimate of drug-likeness (QED) is 0.827. The van der Waals surface area contributed by atoms with Crippen LogP contribution in [0.1, 0.15) is 25.3 Å². The van der Waals surface area contributed by atoms with Crippen molar-refractivity contribution >= 4 is 6.08 Å². The van der Waals surface area contributed by atoms with Gasteiger partial charge < -0.3 is 9.84 Å². The molecule has 0 aliphatic carbocycles. The van der Waals surface area contributed by atoms with Gasteiger partial charge in [-0.25, -0.2) is 0 Å². The summed E-state index contributed by atoms with van der Waals surface area (Å²) < 4.78 is 5.59. The van der Waals surface area contributed by atoms with Gasteiger partial charge in [0.25, 0.3) is 0 Å². The lowest BCUT2D eigenvalue weighted by molar-refractivity contribution is -0.0765. The number of hydrogen-bond donors (Lipinski definition) is 1. The maximum atomic E-state index is 9.93. The predicted molar refractivity (Wildman–Crippen MR) is 65.1 cm³/mol. The molecule has 0 radical (unpaired) electrons. The zero-order chi connectivity index (χ0) is 11.4. The van der Waals surface area contributed by atoms with Crippen LogP contribution >= 0.6 is 0 Å². The first-order valence-corrected chi connectivity index (χ1v) is 5.73. The fraction of sp³-hybridized carbons (Fsp3) is 0.429. The molecule has 0 amide bonds. The van der Waals surface area contributed by atoms with Crippen LogP contribution in [0.25, 0.3) is 6.08 Å². The van der Waals surface area contributed by atoms with Gasteiger partial charge in [-0.05, 0) is 18.9 Å². The molecular formula is C14H18O2. The fourth-order valence-electron chi connectivity index (χ4n) is 1.93. The summed E-state index contributed by atoms with van der Waals surface area (Å²) >= 11 is 0. The van der Waals surface area contributed by atoms with Crippen LogP contribution in [0.5, 0.6) is 0 Å². The SMILES string of the molecule is C[C@]1(O)CCO[C@@H](/C=C/c2ccccc2)C1. The van der Waals surface area contributed by atoms with Gasteiger partial charge in [-0.1, -0.05) is 42.5 Å². The molecule has 1 fully saturated rings. The van der Waals surface area contributed by atoms with Crippen LogP contribution < -0.4 is 0 Å². The molecule has 0 bridgehead atoms. The Kier molecular flexibility index (Phi) is 3.42. The summed E-state index contributed by atoms with van der Waals surface area (Å²) in [5.74, 6) is 0. The van der Waals surface area contributed by atoms with E-state index in [2.05, 4.69) is 12.1 Å². The van der Waals surface area contributed by atoms with E-state index in [1.54, 1.807) is 0 Å². The summed E-state index contributed by atoms with van der Waals surface area (Å²) in [5, 5.41) is 9.93. The summed E-state index contributed by atoms with van der Waals surface area (Å²) in [6.07, 6.45) is 5.51. The summed E-state index contributed by atoms with van der Waals surface area (Å²) in [6, 6.07) is 10.1. The normalized spacial score (nSPS) is 30.8. The number of hydrogen-bond acceptors (Lipinski definition) is 2. The van der Waals surface area contributed by atoms with Gasteiger partial charge >= 0.3 is 0 Å². The first-order chi connectivity index (χ1) is 7.66. The Morgan fingerprint density at radius 1 is 1.38 bits per heavy atom. The summed E-state index contributed by atoms with van der Waals surface area (Å²) in [4.78, 5) is 0. The summed E-state index contributed by atoms with van der Waals surface area (Å²) in [7, 11) is 0. The molecule has 2 atom stereocenters. The highest BCUT2D eigenvalue weighted by Gasteiger charge is 2.28. The third-order valence-electron chi connectivity index (χ3n) is 2.92. The molecule has 1 saturated heterocycles. The summed E-state index contributed by atoms with van der Waals surface area (Å²) in [5.41, 5.74) is 0.584. The largest absolute Gasteiger partial charge is 0.390 e. The second kappa shape index (κ2) is 4.81. The zero-order valence-electron chi connectivity index (χ0n) is 9.60. The number of aliphatic hydroxyl groups is 1. The molecular weight excluding hydrogens is 200 g/mol. The highest BCUT2D eigenvalue weighted by atomic mass is 16.5. The molecule has 0 unspecified atom stereocenters. The van der Waals surface area contributed by atoms with Crippen LogP contribution in [0.4, 0.5) is 0 Å². The Morgan fingerprint density at radius 2 is 2.12 bits per heavy atom. The Morgan fingerprint density at radius 3 is 2.81 bits per heavy atom. The number of ether oxygens (including phenoxy) is 1. The second-order valence-electron chi connectivity index (χ2n) is 4.63. The van der Waals surface area contributed by atoms with Crippen LogP contribution in [0, 0.1) is 0 Å². The third kappa shape index (κ3) is 3.19. The minimum absolute atomic E-state index is 0.0314. The molecule has 2 nitrogen and oxygen atoms in total. The average molecular weight is 218 g/mol. The molecule has 1 N–H and O–H groups in total. The van der Waals surface area contributed by atoms with Crippen molar-refractivity contribution in [3.63, 3.8) is 0 Å². The van der Waals surface area contributed by atoms with Gasteiger partial charge in [-0.2, -0.15) is 0 Å². The number of rotatable bonds is 2. The fourth-order valence-corrected chi connectivity index (χ4v) is 1.93. The van der Waals surface area contributed by atoms with Crippen molar-refractivity contribution in [2.45, 2.75) is 31.5 Å². The van der Waals surface area contributed by atoms with Crippen molar-refractivity contribution in [2.75, 3.05) is 6.61 Å². The molecule has 1 aliphatic heterocycles. The Bertz CT molecular complexity index is 354. The second-order valence-corrected chi connectivity index (χ2v) is 4.63. The van der Waals surface area contributed by atoms with Gasteiger partial charge in [0.05, 0.1) is 18.3 Å². The van der Waals surface area contributed by atoms with E-state index in [0.717, 1.165) is 12.0 Å². The van der Waals surface area contributed by atoms with Crippen LogP contribution in [-0.4, -0.2) is 23.4 Å². The minimum atomic E-state index is -0.579. The standard InChI is InChI=1S/C14H18O2/c1-14(15)9-10-16-13(11-14)8-7-12-5-3-2-4-6-12/h2-8,13,15H,9-11H2,1H3/b8-7+/t13-,14-/m0/s1. The molecule has 1 aromatic rings. The highest BCUT2D eigenvalue weighted by molar-refractivity contribution is 5.49. The molecule has 0 aromatic heterocycles. The van der Waals surface area contributed by atoms with Crippen LogP contribution in [0.15, 0.2) is 36.4 Å². The molecule has 0 saturated carbocycles. The summed E-state index contributed by atoms with van der Waals surface area (Å²) in [6.45, 7) is 2.51. The van der Waals surface area contributed by atoms with Gasteiger partial charge in [0.1, 0.15) is 0 Å². The first kappa shape index (κ1) is 11.4. The molecule has 1 aromatic carbocycles. The molecule has 86 valence electrons. The predicted octanol–water partition coefficient (Wildman–Crippen LogP) is 2.63. The molecule has 0 spiro atoms. The van der Waals surface area contributed by atoms with Crippen molar-refractivity contribution in [3.8, 4) is 0 Å². The van der Waals surface area contributed by atoms with E-state index in [1.165, 1.54) is 0 Å². The van der Waals surface area contributed by atoms with Crippen LogP contribution in [-0.2, 0) is 4.74 Å². The van der Waals surface area contributed by atoms with Crippen molar-refractivity contribution in [2.24, 2.45) is 0 Å². The van der Waals surface area contributed by atoms with Crippen LogP contribution in [0.3, 0.4) is 0 Å². The molecule has 1 heterocycles. The third-order valence-corrected chi connectivity index (χ3v) is 2.92. The van der Waals surface area contributed by atoms with E-state index < -0.39 is 5.60 Å². The van der Waals surface area contributed by atoms with E-state index in [0.29, 0.717) is 13.0 Å².